The fourth-order valence-corrected chi connectivity index (χ4v) is 5.90. The average molecular weight is 462 g/mol. The number of hydrogen-bond acceptors (Lipinski definition) is 4. The molecule has 1 aliphatic carbocycles. The highest BCUT2D eigenvalue weighted by molar-refractivity contribution is 5.88. The lowest BCUT2D eigenvalue weighted by Crippen LogP contribution is -2.50. The molecule has 3 aromatic rings. The number of fused-ring (bicyclic) bond motifs is 1. The Morgan fingerprint density at radius 2 is 1.94 bits per heavy atom. The quantitative estimate of drug-likeness (QED) is 0.588. The standard InChI is InChI=1S/C28H35N3O3/c1-20-17-31(18-21(19-34-20)15-22-7-6-8-26-25(22)16-29-30-26)27(32)28(13-4-3-5-14-28)23-9-11-24(33-2)12-10-23/h6-12,16,20-21H,3-5,13-15,17-19H2,1-2H3,(H,29,30). The second-order valence-electron chi connectivity index (χ2n) is 10.0. The van der Waals surface area contributed by atoms with Gasteiger partial charge in [-0.2, -0.15) is 5.10 Å². The van der Waals surface area contributed by atoms with E-state index in [2.05, 4.69) is 52.4 Å². The number of benzene rings is 2. The van der Waals surface area contributed by atoms with Gasteiger partial charge in [0.25, 0.3) is 0 Å². The summed E-state index contributed by atoms with van der Waals surface area (Å²) in [6, 6.07) is 14.4. The second-order valence-corrected chi connectivity index (χ2v) is 10.0. The molecule has 180 valence electrons. The number of nitrogens with zero attached hydrogens (tertiary/aromatic N) is 2. The third-order valence-corrected chi connectivity index (χ3v) is 7.70. The van der Waals surface area contributed by atoms with Crippen molar-refractivity contribution in [1.82, 2.24) is 15.1 Å². The van der Waals surface area contributed by atoms with E-state index in [1.54, 1.807) is 7.11 Å². The SMILES string of the molecule is COc1ccc(C2(C(=O)N3CC(Cc4cccc5[nH]ncc45)COC(C)C3)CCCCC2)cc1. The minimum absolute atomic E-state index is 0.0233. The maximum Gasteiger partial charge on any atom is 0.233 e. The van der Waals surface area contributed by atoms with E-state index in [1.807, 2.05) is 18.3 Å². The summed E-state index contributed by atoms with van der Waals surface area (Å²) in [6.45, 7) is 4.10. The molecule has 2 aliphatic rings. The topological polar surface area (TPSA) is 67.5 Å². The molecule has 5 rings (SSSR count). The van der Waals surface area contributed by atoms with E-state index in [0.717, 1.165) is 60.9 Å². The number of aromatic nitrogens is 2. The normalized spacial score (nSPS) is 22.9. The zero-order valence-corrected chi connectivity index (χ0v) is 20.3. The van der Waals surface area contributed by atoms with Gasteiger partial charge in [-0.15, -0.1) is 0 Å². The van der Waals surface area contributed by atoms with Crippen LogP contribution in [0.4, 0.5) is 0 Å². The van der Waals surface area contributed by atoms with Crippen LogP contribution in [0.25, 0.3) is 10.9 Å². The summed E-state index contributed by atoms with van der Waals surface area (Å²) in [5.74, 6) is 1.33. The number of ether oxygens (including phenoxy) is 2. The van der Waals surface area contributed by atoms with Crippen LogP contribution >= 0.6 is 0 Å². The number of methoxy groups -OCH3 is 1. The molecule has 1 aromatic heterocycles. The first-order chi connectivity index (χ1) is 16.6. The summed E-state index contributed by atoms with van der Waals surface area (Å²) in [6.07, 6.45) is 7.97. The molecule has 0 bridgehead atoms. The van der Waals surface area contributed by atoms with Gasteiger partial charge >= 0.3 is 0 Å². The Hall–Kier alpha value is -2.86. The lowest BCUT2D eigenvalue weighted by Gasteiger charge is -2.41. The molecular formula is C28H35N3O3. The second kappa shape index (κ2) is 9.79. The van der Waals surface area contributed by atoms with Gasteiger partial charge in [-0.3, -0.25) is 9.89 Å². The molecule has 6 nitrogen and oxygen atoms in total. The molecule has 34 heavy (non-hydrogen) atoms. The fraction of sp³-hybridized carbons (Fsp3) is 0.500. The van der Waals surface area contributed by atoms with Gasteiger partial charge in [0.2, 0.25) is 5.91 Å². The van der Waals surface area contributed by atoms with Crippen molar-refractivity contribution in [2.75, 3.05) is 26.8 Å². The molecule has 2 aromatic carbocycles. The molecule has 1 saturated carbocycles. The lowest BCUT2D eigenvalue weighted by atomic mass is 9.68. The number of rotatable bonds is 5. The Balaban J connectivity index is 1.42. The zero-order valence-electron chi connectivity index (χ0n) is 20.3. The number of carbonyl (C=O) groups is 1. The van der Waals surface area contributed by atoms with Crippen molar-refractivity contribution in [1.29, 1.82) is 0 Å². The molecule has 2 unspecified atom stereocenters. The van der Waals surface area contributed by atoms with Crippen LogP contribution in [-0.4, -0.2) is 53.9 Å². The molecule has 2 fully saturated rings. The third kappa shape index (κ3) is 4.43. The van der Waals surface area contributed by atoms with Crippen LogP contribution in [0.5, 0.6) is 5.75 Å². The zero-order chi connectivity index (χ0) is 23.5. The first kappa shape index (κ1) is 22.9. The van der Waals surface area contributed by atoms with Crippen molar-refractivity contribution in [3.63, 3.8) is 0 Å². The van der Waals surface area contributed by atoms with E-state index >= 15 is 0 Å². The Kier molecular flexibility index (Phi) is 6.59. The Morgan fingerprint density at radius 3 is 2.71 bits per heavy atom. The minimum Gasteiger partial charge on any atom is -0.497 e. The molecule has 0 radical (unpaired) electrons. The van der Waals surface area contributed by atoms with Gasteiger partial charge in [-0.25, -0.2) is 0 Å². The van der Waals surface area contributed by atoms with Crippen LogP contribution in [-0.2, 0) is 21.4 Å². The van der Waals surface area contributed by atoms with E-state index in [-0.39, 0.29) is 17.9 Å². The summed E-state index contributed by atoms with van der Waals surface area (Å²) < 4.78 is 11.6. The van der Waals surface area contributed by atoms with Crippen molar-refractivity contribution in [2.45, 2.75) is 57.0 Å². The van der Waals surface area contributed by atoms with Gasteiger partial charge in [0, 0.05) is 24.4 Å². The molecule has 1 amide bonds. The van der Waals surface area contributed by atoms with E-state index < -0.39 is 5.41 Å². The van der Waals surface area contributed by atoms with Gasteiger partial charge in [-0.1, -0.05) is 43.5 Å². The Morgan fingerprint density at radius 1 is 1.15 bits per heavy atom. The lowest BCUT2D eigenvalue weighted by molar-refractivity contribution is -0.140. The highest BCUT2D eigenvalue weighted by atomic mass is 16.5. The number of H-pyrrole nitrogens is 1. The summed E-state index contributed by atoms with van der Waals surface area (Å²) in [5.41, 5.74) is 2.97. The predicted molar refractivity (Wildman–Crippen MR) is 133 cm³/mol. The number of carbonyl (C=O) groups excluding carboxylic acids is 1. The molecule has 1 N–H and O–H groups in total. The highest BCUT2D eigenvalue weighted by Gasteiger charge is 2.44. The Bertz CT molecular complexity index is 1120. The van der Waals surface area contributed by atoms with Gasteiger partial charge in [0.05, 0.1) is 36.9 Å². The van der Waals surface area contributed by atoms with Crippen LogP contribution in [0.15, 0.2) is 48.7 Å². The number of amides is 1. The summed E-state index contributed by atoms with van der Waals surface area (Å²) >= 11 is 0. The first-order valence-electron chi connectivity index (χ1n) is 12.6. The van der Waals surface area contributed by atoms with Crippen molar-refractivity contribution in [3.05, 3.63) is 59.8 Å². The predicted octanol–water partition coefficient (Wildman–Crippen LogP) is 4.88. The van der Waals surface area contributed by atoms with E-state index in [1.165, 1.54) is 12.0 Å². The number of nitrogens with one attached hydrogen (secondary N) is 1. The molecule has 2 atom stereocenters. The number of aromatic amines is 1. The van der Waals surface area contributed by atoms with Crippen molar-refractivity contribution >= 4 is 16.8 Å². The van der Waals surface area contributed by atoms with Crippen LogP contribution in [0.1, 0.15) is 50.2 Å². The number of hydrogen-bond donors (Lipinski definition) is 1. The third-order valence-electron chi connectivity index (χ3n) is 7.70. The van der Waals surface area contributed by atoms with Crippen LogP contribution in [0.2, 0.25) is 0 Å². The van der Waals surface area contributed by atoms with Gasteiger partial charge in [0.1, 0.15) is 5.75 Å². The summed E-state index contributed by atoms with van der Waals surface area (Å²) in [4.78, 5) is 16.4. The molecule has 0 spiro atoms. The summed E-state index contributed by atoms with van der Waals surface area (Å²) in [5, 5.41) is 8.43. The van der Waals surface area contributed by atoms with Gasteiger partial charge < -0.3 is 14.4 Å². The molecule has 1 saturated heterocycles. The average Bonchev–Trinajstić information content (AvgIpc) is 3.29. The van der Waals surface area contributed by atoms with E-state index in [0.29, 0.717) is 13.2 Å². The molecule has 2 heterocycles. The Labute approximate surface area is 201 Å². The smallest absolute Gasteiger partial charge is 0.233 e. The van der Waals surface area contributed by atoms with Crippen molar-refractivity contribution < 1.29 is 14.3 Å². The molecule has 1 aliphatic heterocycles. The van der Waals surface area contributed by atoms with Crippen molar-refractivity contribution in [3.8, 4) is 5.75 Å². The van der Waals surface area contributed by atoms with Gasteiger partial charge in [0.15, 0.2) is 0 Å². The summed E-state index contributed by atoms with van der Waals surface area (Å²) in [7, 11) is 1.68. The minimum atomic E-state index is -0.455. The van der Waals surface area contributed by atoms with E-state index in [9.17, 15) is 4.79 Å². The van der Waals surface area contributed by atoms with Crippen LogP contribution in [0.3, 0.4) is 0 Å². The largest absolute Gasteiger partial charge is 0.497 e. The van der Waals surface area contributed by atoms with E-state index in [4.69, 9.17) is 9.47 Å². The molecular weight excluding hydrogens is 426 g/mol. The fourth-order valence-electron chi connectivity index (χ4n) is 5.90. The highest BCUT2D eigenvalue weighted by Crippen LogP contribution is 2.42. The monoisotopic (exact) mass is 461 g/mol. The van der Waals surface area contributed by atoms with Crippen molar-refractivity contribution in [2.24, 2.45) is 5.92 Å². The first-order valence-corrected chi connectivity index (χ1v) is 12.6. The maximum absolute atomic E-state index is 14.3. The molecule has 6 heteroatoms. The van der Waals surface area contributed by atoms with Gasteiger partial charge in [-0.05, 0) is 55.5 Å². The van der Waals surface area contributed by atoms with Crippen LogP contribution in [0, 0.1) is 5.92 Å². The maximum atomic E-state index is 14.3. The van der Waals surface area contributed by atoms with Crippen LogP contribution < -0.4 is 4.74 Å².